The van der Waals surface area contributed by atoms with Gasteiger partial charge in [-0.2, -0.15) is 0 Å². The van der Waals surface area contributed by atoms with Crippen molar-refractivity contribution in [1.82, 2.24) is 4.90 Å². The summed E-state index contributed by atoms with van der Waals surface area (Å²) in [6, 6.07) is 20.2. The van der Waals surface area contributed by atoms with Gasteiger partial charge >= 0.3 is 0 Å². The standard InChI is InChI=1S/C29H41NO3/c1-3-12-24-19-20-30(23(2)33-27-17-8-5-9-18-27)21-28(24)32-22-29(31,26-15-10-11-16-26)25-13-6-4-7-14-25/h4-9,13-14,17-18,23-24,26,28,31H,3,10-12,15-16,19-22H2,1-2H3. The van der Waals surface area contributed by atoms with Crippen molar-refractivity contribution >= 4 is 0 Å². The first-order chi connectivity index (χ1) is 16.1. The molecular formula is C29H41NO3. The molecule has 0 aromatic heterocycles. The van der Waals surface area contributed by atoms with Gasteiger partial charge in [-0.1, -0.05) is 74.7 Å². The van der Waals surface area contributed by atoms with Gasteiger partial charge in [-0.15, -0.1) is 0 Å². The summed E-state index contributed by atoms with van der Waals surface area (Å²) in [6.45, 7) is 6.61. The van der Waals surface area contributed by atoms with E-state index in [1.54, 1.807) is 0 Å². The quantitative estimate of drug-likeness (QED) is 0.481. The Hall–Kier alpha value is -1.88. The Morgan fingerprint density at radius 2 is 1.67 bits per heavy atom. The van der Waals surface area contributed by atoms with Crippen molar-refractivity contribution in [2.24, 2.45) is 11.8 Å². The smallest absolute Gasteiger partial charge is 0.149 e. The molecule has 4 rings (SSSR count). The second-order valence-corrected chi connectivity index (χ2v) is 9.98. The van der Waals surface area contributed by atoms with E-state index in [9.17, 15) is 5.11 Å². The molecule has 1 aliphatic heterocycles. The molecule has 4 nitrogen and oxygen atoms in total. The van der Waals surface area contributed by atoms with Crippen LogP contribution in [-0.2, 0) is 10.3 Å². The lowest BCUT2D eigenvalue weighted by Gasteiger charge is -2.43. The van der Waals surface area contributed by atoms with E-state index in [4.69, 9.17) is 9.47 Å². The number of likely N-dealkylation sites (tertiary alicyclic amines) is 1. The van der Waals surface area contributed by atoms with Crippen LogP contribution >= 0.6 is 0 Å². The maximum absolute atomic E-state index is 11.9. The van der Waals surface area contributed by atoms with Gasteiger partial charge in [0.1, 0.15) is 17.6 Å². The van der Waals surface area contributed by atoms with Crippen LogP contribution in [0.15, 0.2) is 60.7 Å². The van der Waals surface area contributed by atoms with Crippen LogP contribution in [0.3, 0.4) is 0 Å². The normalized spacial score (nSPS) is 24.9. The zero-order chi connectivity index (χ0) is 23.1. The maximum atomic E-state index is 11.9. The van der Waals surface area contributed by atoms with Crippen LogP contribution < -0.4 is 4.74 Å². The first-order valence-corrected chi connectivity index (χ1v) is 13.0. The Balaban J connectivity index is 1.45. The monoisotopic (exact) mass is 451 g/mol. The fraction of sp³-hybridized carbons (Fsp3) is 0.586. The van der Waals surface area contributed by atoms with Gasteiger partial charge in [0.05, 0.1) is 12.7 Å². The molecule has 0 radical (unpaired) electrons. The highest BCUT2D eigenvalue weighted by molar-refractivity contribution is 5.24. The van der Waals surface area contributed by atoms with Gasteiger partial charge in [0, 0.05) is 13.1 Å². The number of aliphatic hydroxyl groups is 1. The van der Waals surface area contributed by atoms with Crippen LogP contribution in [0, 0.1) is 11.8 Å². The molecule has 0 amide bonds. The van der Waals surface area contributed by atoms with Crippen molar-refractivity contribution in [1.29, 1.82) is 0 Å². The minimum Gasteiger partial charge on any atom is -0.475 e. The van der Waals surface area contributed by atoms with Crippen molar-refractivity contribution in [3.8, 4) is 5.75 Å². The van der Waals surface area contributed by atoms with Gasteiger partial charge in [0.15, 0.2) is 0 Å². The maximum Gasteiger partial charge on any atom is 0.149 e. The predicted molar refractivity (Wildman–Crippen MR) is 133 cm³/mol. The average molecular weight is 452 g/mol. The topological polar surface area (TPSA) is 41.9 Å². The Morgan fingerprint density at radius 3 is 2.33 bits per heavy atom. The minimum atomic E-state index is -0.914. The zero-order valence-electron chi connectivity index (χ0n) is 20.4. The van der Waals surface area contributed by atoms with Gasteiger partial charge in [0.25, 0.3) is 0 Å². The van der Waals surface area contributed by atoms with Gasteiger partial charge in [0.2, 0.25) is 0 Å². The van der Waals surface area contributed by atoms with E-state index in [0.717, 1.165) is 50.1 Å². The second-order valence-electron chi connectivity index (χ2n) is 9.98. The number of benzene rings is 2. The molecule has 0 bridgehead atoms. The highest BCUT2D eigenvalue weighted by Crippen LogP contribution is 2.41. The highest BCUT2D eigenvalue weighted by atomic mass is 16.5. The highest BCUT2D eigenvalue weighted by Gasteiger charge is 2.42. The van der Waals surface area contributed by atoms with Crippen molar-refractivity contribution in [3.63, 3.8) is 0 Å². The number of piperidine rings is 1. The summed E-state index contributed by atoms with van der Waals surface area (Å²) in [5.74, 6) is 1.70. The molecule has 1 saturated carbocycles. The molecule has 1 aliphatic carbocycles. The molecule has 1 N–H and O–H groups in total. The van der Waals surface area contributed by atoms with Crippen molar-refractivity contribution in [2.75, 3.05) is 19.7 Å². The van der Waals surface area contributed by atoms with Crippen molar-refractivity contribution in [2.45, 2.75) is 76.7 Å². The van der Waals surface area contributed by atoms with Gasteiger partial charge < -0.3 is 14.6 Å². The Kier molecular flexibility index (Phi) is 8.45. The van der Waals surface area contributed by atoms with Crippen LogP contribution in [0.2, 0.25) is 0 Å². The SMILES string of the molecule is CCCC1CCN(C(C)Oc2ccccc2)CC1OCC(O)(c1ccccc1)C1CCCC1. The molecule has 0 spiro atoms. The summed E-state index contributed by atoms with van der Waals surface area (Å²) in [6.07, 6.45) is 8.08. The van der Waals surface area contributed by atoms with Crippen LogP contribution in [0.4, 0.5) is 0 Å². The van der Waals surface area contributed by atoms with E-state index in [-0.39, 0.29) is 18.2 Å². The molecule has 4 unspecified atom stereocenters. The molecule has 180 valence electrons. The largest absolute Gasteiger partial charge is 0.475 e. The summed E-state index contributed by atoms with van der Waals surface area (Å²) in [5, 5.41) is 11.9. The molecule has 4 atom stereocenters. The third-order valence-corrected chi connectivity index (χ3v) is 7.77. The number of hydrogen-bond donors (Lipinski definition) is 1. The summed E-state index contributed by atoms with van der Waals surface area (Å²) in [7, 11) is 0. The molecule has 33 heavy (non-hydrogen) atoms. The van der Waals surface area contributed by atoms with E-state index in [0.29, 0.717) is 12.5 Å². The molecule has 2 aromatic carbocycles. The number of para-hydroxylation sites is 1. The fourth-order valence-corrected chi connectivity index (χ4v) is 5.78. The summed E-state index contributed by atoms with van der Waals surface area (Å²) >= 11 is 0. The lowest BCUT2D eigenvalue weighted by atomic mass is 9.80. The van der Waals surface area contributed by atoms with Gasteiger partial charge in [-0.3, -0.25) is 4.90 Å². The van der Waals surface area contributed by atoms with Gasteiger partial charge in [-0.25, -0.2) is 0 Å². The lowest BCUT2D eigenvalue weighted by Crippen LogP contribution is -2.51. The first kappa shape index (κ1) is 24.3. The van der Waals surface area contributed by atoms with E-state index in [2.05, 4.69) is 30.9 Å². The number of rotatable bonds is 10. The van der Waals surface area contributed by atoms with E-state index in [1.165, 1.54) is 19.3 Å². The van der Waals surface area contributed by atoms with Crippen LogP contribution in [0.25, 0.3) is 0 Å². The van der Waals surface area contributed by atoms with Crippen molar-refractivity contribution < 1.29 is 14.6 Å². The fourth-order valence-electron chi connectivity index (χ4n) is 5.78. The average Bonchev–Trinajstić information content (AvgIpc) is 3.40. The third-order valence-electron chi connectivity index (χ3n) is 7.77. The summed E-state index contributed by atoms with van der Waals surface area (Å²) < 4.78 is 12.9. The third kappa shape index (κ3) is 5.98. The molecule has 2 aliphatic rings. The zero-order valence-corrected chi connectivity index (χ0v) is 20.4. The predicted octanol–water partition coefficient (Wildman–Crippen LogP) is 6.00. The first-order valence-electron chi connectivity index (χ1n) is 13.0. The Morgan fingerprint density at radius 1 is 1.00 bits per heavy atom. The number of ether oxygens (including phenoxy) is 2. The molecule has 1 heterocycles. The molecule has 2 fully saturated rings. The van der Waals surface area contributed by atoms with E-state index in [1.807, 2.05) is 48.5 Å². The molecule has 1 saturated heterocycles. The summed E-state index contributed by atoms with van der Waals surface area (Å²) in [5.41, 5.74) is 0.0838. The second kappa shape index (κ2) is 11.5. The molecule has 4 heteroatoms. The van der Waals surface area contributed by atoms with Crippen molar-refractivity contribution in [3.05, 3.63) is 66.2 Å². The number of hydrogen-bond acceptors (Lipinski definition) is 4. The molecular weight excluding hydrogens is 410 g/mol. The number of nitrogens with zero attached hydrogens (tertiary/aromatic N) is 1. The van der Waals surface area contributed by atoms with Crippen LogP contribution in [0.5, 0.6) is 5.75 Å². The van der Waals surface area contributed by atoms with E-state index >= 15 is 0 Å². The van der Waals surface area contributed by atoms with E-state index < -0.39 is 5.60 Å². The molecule has 2 aromatic rings. The summed E-state index contributed by atoms with van der Waals surface area (Å²) in [4.78, 5) is 2.39. The van der Waals surface area contributed by atoms with Gasteiger partial charge in [-0.05, 0) is 62.1 Å². The lowest BCUT2D eigenvalue weighted by molar-refractivity contribution is -0.142. The Bertz CT molecular complexity index is 823. The minimum absolute atomic E-state index is 0.0103. The Labute approximate surface area is 199 Å². The van der Waals surface area contributed by atoms with Crippen LogP contribution in [-0.4, -0.2) is 42.0 Å². The van der Waals surface area contributed by atoms with Crippen LogP contribution in [0.1, 0.15) is 64.4 Å².